The van der Waals surface area contributed by atoms with Crippen molar-refractivity contribution in [3.05, 3.63) is 127 Å². The Bertz CT molecular complexity index is 1650. The summed E-state index contributed by atoms with van der Waals surface area (Å²) in [6.07, 6.45) is 10.9. The molecule has 5 aromatic rings. The molecule has 234 valence electrons. The standard InChI is InChI=1S/C35H37N9O2/c1-3-5-7-20-36-34(45)28-16-12-26(13-17-28)22-43-24-32(39-41-43)30-10-9-11-31(38-30)33-25-44(42-40-33)23-27-14-18-29(19-15-27)35(46)37-21-8-6-4-2/h3-4,9-19,24-25H,1-2,5-8,20-23H2,(H,36,45)(H,37,46). The van der Waals surface area contributed by atoms with Crippen LogP contribution in [0.1, 0.15) is 57.5 Å². The summed E-state index contributed by atoms with van der Waals surface area (Å²) in [5.74, 6) is -0.175. The molecule has 2 aromatic carbocycles. The number of pyridine rings is 1. The maximum atomic E-state index is 12.3. The molecule has 11 nitrogen and oxygen atoms in total. The quantitative estimate of drug-likeness (QED) is 0.117. The van der Waals surface area contributed by atoms with Crippen molar-refractivity contribution in [1.29, 1.82) is 0 Å². The SMILES string of the molecule is C=CCCCNC(=O)c1ccc(Cn2cc(-c3cccc(-c4cn(Cc5ccc(C(=O)NCCCC=C)cc5)nn4)n3)nn2)cc1. The van der Waals surface area contributed by atoms with Crippen molar-refractivity contribution in [3.63, 3.8) is 0 Å². The molecule has 2 amide bonds. The van der Waals surface area contributed by atoms with Crippen molar-refractivity contribution in [2.24, 2.45) is 0 Å². The lowest BCUT2D eigenvalue weighted by molar-refractivity contribution is 0.0945. The second-order valence-corrected chi connectivity index (χ2v) is 10.8. The monoisotopic (exact) mass is 615 g/mol. The zero-order valence-corrected chi connectivity index (χ0v) is 25.7. The third-order valence-corrected chi connectivity index (χ3v) is 7.21. The van der Waals surface area contributed by atoms with Gasteiger partial charge in [0, 0.05) is 24.2 Å². The van der Waals surface area contributed by atoms with Crippen LogP contribution in [0.3, 0.4) is 0 Å². The summed E-state index contributed by atoms with van der Waals surface area (Å²) in [5, 5.41) is 23.0. The van der Waals surface area contributed by atoms with Gasteiger partial charge < -0.3 is 10.6 Å². The molecule has 0 unspecified atom stereocenters. The van der Waals surface area contributed by atoms with Gasteiger partial charge in [-0.1, -0.05) is 52.9 Å². The van der Waals surface area contributed by atoms with Gasteiger partial charge in [-0.3, -0.25) is 9.59 Å². The molecule has 0 aliphatic rings. The van der Waals surface area contributed by atoms with Gasteiger partial charge in [-0.15, -0.1) is 23.4 Å². The van der Waals surface area contributed by atoms with Gasteiger partial charge >= 0.3 is 0 Å². The Labute approximate surface area is 268 Å². The van der Waals surface area contributed by atoms with Crippen LogP contribution in [-0.4, -0.2) is 59.9 Å². The number of aromatic nitrogens is 7. The van der Waals surface area contributed by atoms with Crippen molar-refractivity contribution >= 4 is 11.8 Å². The first-order chi connectivity index (χ1) is 22.5. The number of benzene rings is 2. The highest BCUT2D eigenvalue weighted by Gasteiger charge is 2.12. The highest BCUT2D eigenvalue weighted by molar-refractivity contribution is 5.94. The molecule has 0 saturated heterocycles. The Kier molecular flexibility index (Phi) is 10.9. The zero-order chi connectivity index (χ0) is 32.1. The Hall–Kier alpha value is -5.71. The van der Waals surface area contributed by atoms with Crippen molar-refractivity contribution in [2.45, 2.75) is 38.8 Å². The van der Waals surface area contributed by atoms with Crippen LogP contribution >= 0.6 is 0 Å². The van der Waals surface area contributed by atoms with Crippen LogP contribution in [0.4, 0.5) is 0 Å². The summed E-state index contributed by atoms with van der Waals surface area (Å²) in [6, 6.07) is 20.6. The molecule has 0 atom stereocenters. The lowest BCUT2D eigenvalue weighted by Gasteiger charge is -2.06. The summed E-state index contributed by atoms with van der Waals surface area (Å²) in [6.45, 7) is 9.65. The predicted molar refractivity (Wildman–Crippen MR) is 177 cm³/mol. The maximum absolute atomic E-state index is 12.3. The molecule has 3 aromatic heterocycles. The van der Waals surface area contributed by atoms with E-state index in [4.69, 9.17) is 4.98 Å². The Morgan fingerprint density at radius 3 is 1.48 bits per heavy atom. The number of nitrogens with one attached hydrogen (secondary N) is 2. The largest absolute Gasteiger partial charge is 0.352 e. The Morgan fingerprint density at radius 2 is 1.07 bits per heavy atom. The van der Waals surface area contributed by atoms with E-state index < -0.39 is 0 Å². The number of unbranched alkanes of at least 4 members (excludes halogenated alkanes) is 2. The molecule has 11 heteroatoms. The third kappa shape index (κ3) is 8.69. The number of rotatable bonds is 16. The zero-order valence-electron chi connectivity index (χ0n) is 25.7. The first-order valence-corrected chi connectivity index (χ1v) is 15.3. The fourth-order valence-corrected chi connectivity index (χ4v) is 4.70. The highest BCUT2D eigenvalue weighted by Crippen LogP contribution is 2.20. The second kappa shape index (κ2) is 15.8. The number of carbonyl (C=O) groups is 2. The number of hydrogen-bond donors (Lipinski definition) is 2. The first kappa shape index (κ1) is 31.7. The van der Waals surface area contributed by atoms with Crippen LogP contribution in [-0.2, 0) is 13.1 Å². The van der Waals surface area contributed by atoms with Gasteiger partial charge in [0.15, 0.2) is 0 Å². The molecule has 0 fully saturated rings. The van der Waals surface area contributed by atoms with Crippen LogP contribution in [0, 0.1) is 0 Å². The molecule has 5 rings (SSSR count). The second-order valence-electron chi connectivity index (χ2n) is 10.8. The van der Waals surface area contributed by atoms with Gasteiger partial charge in [-0.05, 0) is 73.2 Å². The Balaban J connectivity index is 1.17. The number of nitrogens with zero attached hydrogens (tertiary/aromatic N) is 7. The van der Waals surface area contributed by atoms with E-state index >= 15 is 0 Å². The average molecular weight is 616 g/mol. The van der Waals surface area contributed by atoms with Crippen molar-refractivity contribution in [3.8, 4) is 22.8 Å². The van der Waals surface area contributed by atoms with Crippen molar-refractivity contribution in [2.75, 3.05) is 13.1 Å². The first-order valence-electron chi connectivity index (χ1n) is 15.3. The summed E-state index contributed by atoms with van der Waals surface area (Å²) >= 11 is 0. The van der Waals surface area contributed by atoms with Crippen molar-refractivity contribution < 1.29 is 9.59 Å². The van der Waals surface area contributed by atoms with Gasteiger partial charge in [-0.25, -0.2) is 14.3 Å². The molecule has 46 heavy (non-hydrogen) atoms. The fraction of sp³-hybridized carbons (Fsp3) is 0.229. The van der Waals surface area contributed by atoms with Crippen molar-refractivity contribution in [1.82, 2.24) is 45.6 Å². The third-order valence-electron chi connectivity index (χ3n) is 7.21. The number of allylic oxidation sites excluding steroid dienone is 2. The number of carbonyl (C=O) groups excluding carboxylic acids is 2. The molecule has 0 saturated carbocycles. The van der Waals surface area contributed by atoms with Gasteiger partial charge in [0.1, 0.15) is 11.4 Å². The van der Waals surface area contributed by atoms with Crippen LogP contribution in [0.25, 0.3) is 22.8 Å². The van der Waals surface area contributed by atoms with E-state index in [9.17, 15) is 9.59 Å². The Morgan fingerprint density at radius 1 is 0.630 bits per heavy atom. The van der Waals surface area contributed by atoms with E-state index in [1.54, 1.807) is 9.36 Å². The molecule has 0 bridgehead atoms. The van der Waals surface area contributed by atoms with E-state index in [1.165, 1.54) is 0 Å². The summed E-state index contributed by atoms with van der Waals surface area (Å²) in [4.78, 5) is 29.4. The highest BCUT2D eigenvalue weighted by atomic mass is 16.2. The van der Waals surface area contributed by atoms with E-state index in [1.807, 2.05) is 91.3 Å². The number of amides is 2. The lowest BCUT2D eigenvalue weighted by atomic mass is 10.1. The maximum Gasteiger partial charge on any atom is 0.251 e. The van der Waals surface area contributed by atoms with E-state index in [0.29, 0.717) is 60.1 Å². The summed E-state index contributed by atoms with van der Waals surface area (Å²) < 4.78 is 3.48. The molecular formula is C35H37N9O2. The molecule has 0 radical (unpaired) electrons. The van der Waals surface area contributed by atoms with Crippen LogP contribution in [0.2, 0.25) is 0 Å². The van der Waals surface area contributed by atoms with Crippen LogP contribution in [0.15, 0.2) is 104 Å². The van der Waals surface area contributed by atoms with Gasteiger partial charge in [-0.2, -0.15) is 0 Å². The van der Waals surface area contributed by atoms with Crippen LogP contribution < -0.4 is 10.6 Å². The molecule has 3 heterocycles. The molecule has 2 N–H and O–H groups in total. The van der Waals surface area contributed by atoms with Gasteiger partial charge in [0.25, 0.3) is 11.8 Å². The minimum absolute atomic E-state index is 0.0877. The van der Waals surface area contributed by atoms with E-state index in [-0.39, 0.29) is 11.8 Å². The molecular weight excluding hydrogens is 578 g/mol. The summed E-state index contributed by atoms with van der Waals surface area (Å²) in [7, 11) is 0. The molecule has 0 aliphatic heterocycles. The molecule has 0 spiro atoms. The lowest BCUT2D eigenvalue weighted by Crippen LogP contribution is -2.24. The minimum Gasteiger partial charge on any atom is -0.352 e. The topological polar surface area (TPSA) is 133 Å². The normalized spacial score (nSPS) is 10.8. The predicted octanol–water partition coefficient (Wildman–Crippen LogP) is 5.09. The number of hydrogen-bond acceptors (Lipinski definition) is 7. The van der Waals surface area contributed by atoms with Gasteiger partial charge in [0.05, 0.1) is 36.9 Å². The smallest absolute Gasteiger partial charge is 0.251 e. The van der Waals surface area contributed by atoms with E-state index in [0.717, 1.165) is 36.8 Å². The fourth-order valence-electron chi connectivity index (χ4n) is 4.70. The molecule has 0 aliphatic carbocycles. The minimum atomic E-state index is -0.0877. The van der Waals surface area contributed by atoms with E-state index in [2.05, 4.69) is 44.4 Å². The average Bonchev–Trinajstić information content (AvgIpc) is 3.76. The summed E-state index contributed by atoms with van der Waals surface area (Å²) in [5.41, 5.74) is 5.83. The van der Waals surface area contributed by atoms with Crippen LogP contribution in [0.5, 0.6) is 0 Å². The van der Waals surface area contributed by atoms with Gasteiger partial charge in [0.2, 0.25) is 0 Å².